The second-order valence-corrected chi connectivity index (χ2v) is 6.51. The Hall–Kier alpha value is -3.31. The Balaban J connectivity index is 1.70. The van der Waals surface area contributed by atoms with Crippen molar-refractivity contribution in [2.45, 2.75) is 13.0 Å². The number of halogens is 1. The summed E-state index contributed by atoms with van der Waals surface area (Å²) in [7, 11) is 0. The topological polar surface area (TPSA) is 67.4 Å². The summed E-state index contributed by atoms with van der Waals surface area (Å²) in [5, 5.41) is 6.08. The van der Waals surface area contributed by atoms with Gasteiger partial charge in [0, 0.05) is 16.4 Å². The number of carbonyl (C=O) groups excluding carboxylic acids is 2. The molecule has 0 saturated heterocycles. The zero-order chi connectivity index (χ0) is 19.9. The summed E-state index contributed by atoms with van der Waals surface area (Å²) in [5.41, 5.74) is 1.59. The number of hydrogen-bond donors (Lipinski definition) is 2. The summed E-state index contributed by atoms with van der Waals surface area (Å²) in [6.45, 7) is 1.62. The van der Waals surface area contributed by atoms with Gasteiger partial charge in [-0.1, -0.05) is 48.0 Å². The van der Waals surface area contributed by atoms with Crippen LogP contribution in [0.3, 0.4) is 0 Å². The highest BCUT2D eigenvalue weighted by Gasteiger charge is 2.19. The molecule has 0 bridgehead atoms. The first-order valence-corrected chi connectivity index (χ1v) is 9.09. The van der Waals surface area contributed by atoms with Crippen molar-refractivity contribution < 1.29 is 14.3 Å². The molecular formula is C22H19ClN2O3. The summed E-state index contributed by atoms with van der Waals surface area (Å²) in [4.78, 5) is 25.0. The van der Waals surface area contributed by atoms with E-state index in [1.165, 1.54) is 0 Å². The smallest absolute Gasteiger partial charge is 0.265 e. The molecule has 2 N–H and O–H groups in total. The molecule has 0 saturated carbocycles. The average Bonchev–Trinajstić information content (AvgIpc) is 2.69. The van der Waals surface area contributed by atoms with E-state index in [0.29, 0.717) is 27.7 Å². The highest BCUT2D eigenvalue weighted by Crippen LogP contribution is 2.22. The van der Waals surface area contributed by atoms with Crippen molar-refractivity contribution in [1.29, 1.82) is 0 Å². The van der Waals surface area contributed by atoms with Crippen LogP contribution in [-0.4, -0.2) is 17.9 Å². The molecule has 0 unspecified atom stereocenters. The third-order valence-electron chi connectivity index (χ3n) is 3.93. The highest BCUT2D eigenvalue weighted by molar-refractivity contribution is 6.30. The summed E-state index contributed by atoms with van der Waals surface area (Å²) < 4.78 is 5.76. The molecule has 6 heteroatoms. The van der Waals surface area contributed by atoms with Gasteiger partial charge in [-0.15, -0.1) is 0 Å². The van der Waals surface area contributed by atoms with Crippen LogP contribution in [0.25, 0.3) is 0 Å². The summed E-state index contributed by atoms with van der Waals surface area (Å²) in [6.07, 6.45) is -0.815. The maximum absolute atomic E-state index is 12.6. The normalized spacial score (nSPS) is 11.4. The number of rotatable bonds is 6. The van der Waals surface area contributed by atoms with Crippen LogP contribution < -0.4 is 15.4 Å². The fourth-order valence-electron chi connectivity index (χ4n) is 2.53. The molecule has 0 radical (unpaired) electrons. The minimum Gasteiger partial charge on any atom is -0.480 e. The van der Waals surface area contributed by atoms with Gasteiger partial charge in [0.2, 0.25) is 0 Å². The third-order valence-corrected chi connectivity index (χ3v) is 4.16. The average molecular weight is 395 g/mol. The number of ether oxygens (including phenoxy) is 1. The second-order valence-electron chi connectivity index (χ2n) is 6.08. The van der Waals surface area contributed by atoms with Gasteiger partial charge in [0.05, 0.1) is 5.56 Å². The van der Waals surface area contributed by atoms with Gasteiger partial charge in [-0.3, -0.25) is 9.59 Å². The van der Waals surface area contributed by atoms with E-state index in [1.54, 1.807) is 67.6 Å². The van der Waals surface area contributed by atoms with Gasteiger partial charge in [0.15, 0.2) is 6.10 Å². The van der Waals surface area contributed by atoms with Crippen molar-refractivity contribution in [3.8, 4) is 5.75 Å². The molecule has 142 valence electrons. The van der Waals surface area contributed by atoms with Crippen LogP contribution in [0.5, 0.6) is 5.75 Å². The van der Waals surface area contributed by atoms with Crippen molar-refractivity contribution in [1.82, 2.24) is 0 Å². The zero-order valence-corrected chi connectivity index (χ0v) is 15.9. The van der Waals surface area contributed by atoms with Gasteiger partial charge >= 0.3 is 0 Å². The lowest BCUT2D eigenvalue weighted by atomic mass is 10.1. The van der Waals surface area contributed by atoms with E-state index in [4.69, 9.17) is 16.3 Å². The molecule has 3 aromatic carbocycles. The largest absolute Gasteiger partial charge is 0.480 e. The van der Waals surface area contributed by atoms with Crippen LogP contribution in [-0.2, 0) is 4.79 Å². The van der Waals surface area contributed by atoms with Gasteiger partial charge < -0.3 is 15.4 Å². The quantitative estimate of drug-likeness (QED) is 0.618. The maximum atomic E-state index is 12.6. The molecule has 0 aromatic heterocycles. The van der Waals surface area contributed by atoms with Crippen LogP contribution >= 0.6 is 11.6 Å². The number of anilines is 2. The highest BCUT2D eigenvalue weighted by atomic mass is 35.5. The van der Waals surface area contributed by atoms with Gasteiger partial charge in [-0.05, 0) is 49.4 Å². The van der Waals surface area contributed by atoms with Crippen molar-refractivity contribution >= 4 is 34.8 Å². The first-order chi connectivity index (χ1) is 13.5. The van der Waals surface area contributed by atoms with E-state index >= 15 is 0 Å². The van der Waals surface area contributed by atoms with Crippen LogP contribution in [0.2, 0.25) is 5.02 Å². The maximum Gasteiger partial charge on any atom is 0.265 e. The van der Waals surface area contributed by atoms with Crippen LogP contribution in [0, 0.1) is 0 Å². The van der Waals surface area contributed by atoms with Crippen molar-refractivity contribution in [3.05, 3.63) is 89.4 Å². The standard InChI is InChI=1S/C22H19ClN2O3/c1-15(21(26)25-18-11-7-8-16(23)14-18)28-20-13-6-5-12-19(20)22(27)24-17-9-3-2-4-10-17/h2-15H,1H3,(H,24,27)(H,25,26)/t15-/m1/s1. The number of amides is 2. The van der Waals surface area contributed by atoms with E-state index in [0.717, 1.165) is 0 Å². The fraction of sp³-hybridized carbons (Fsp3) is 0.0909. The Labute approximate surface area is 168 Å². The van der Waals surface area contributed by atoms with Crippen LogP contribution in [0.1, 0.15) is 17.3 Å². The number of hydrogen-bond acceptors (Lipinski definition) is 3. The summed E-state index contributed by atoms with van der Waals surface area (Å²) in [6, 6.07) is 22.8. The molecule has 0 heterocycles. The van der Waals surface area contributed by atoms with Crippen LogP contribution in [0.4, 0.5) is 11.4 Å². The Bertz CT molecular complexity index is 976. The molecule has 3 aromatic rings. The Kier molecular flexibility index (Phi) is 6.29. The summed E-state index contributed by atoms with van der Waals surface area (Å²) in [5.74, 6) is -0.338. The monoisotopic (exact) mass is 394 g/mol. The molecule has 3 rings (SSSR count). The molecule has 0 spiro atoms. The molecule has 2 amide bonds. The third kappa shape index (κ3) is 5.11. The minimum atomic E-state index is -0.815. The Morgan fingerprint density at radius 2 is 1.54 bits per heavy atom. The SMILES string of the molecule is C[C@@H](Oc1ccccc1C(=O)Nc1ccccc1)C(=O)Nc1cccc(Cl)c1. The molecule has 0 aliphatic rings. The van der Waals surface area contributed by atoms with E-state index in [9.17, 15) is 9.59 Å². The van der Waals surface area contributed by atoms with Crippen molar-refractivity contribution in [3.63, 3.8) is 0 Å². The number of carbonyl (C=O) groups is 2. The van der Waals surface area contributed by atoms with Crippen molar-refractivity contribution in [2.24, 2.45) is 0 Å². The van der Waals surface area contributed by atoms with E-state index in [-0.39, 0.29) is 11.8 Å². The zero-order valence-electron chi connectivity index (χ0n) is 15.2. The van der Waals surface area contributed by atoms with Crippen LogP contribution in [0.15, 0.2) is 78.9 Å². The predicted octanol–water partition coefficient (Wildman–Crippen LogP) is 5.00. The fourth-order valence-corrected chi connectivity index (χ4v) is 2.72. The van der Waals surface area contributed by atoms with E-state index in [1.807, 2.05) is 18.2 Å². The first-order valence-electron chi connectivity index (χ1n) is 8.71. The molecule has 1 atom stereocenters. The molecular weight excluding hydrogens is 376 g/mol. The minimum absolute atomic E-state index is 0.316. The second kappa shape index (κ2) is 9.06. The van der Waals surface area contributed by atoms with Gasteiger partial charge in [-0.25, -0.2) is 0 Å². The number of benzene rings is 3. The molecule has 0 fully saturated rings. The predicted molar refractivity (Wildman–Crippen MR) is 111 cm³/mol. The lowest BCUT2D eigenvalue weighted by Gasteiger charge is -2.17. The Morgan fingerprint density at radius 1 is 0.857 bits per heavy atom. The lowest BCUT2D eigenvalue weighted by Crippen LogP contribution is -2.30. The van der Waals surface area contributed by atoms with E-state index in [2.05, 4.69) is 10.6 Å². The Morgan fingerprint density at radius 3 is 2.29 bits per heavy atom. The van der Waals surface area contributed by atoms with Gasteiger partial charge in [-0.2, -0.15) is 0 Å². The molecule has 5 nitrogen and oxygen atoms in total. The summed E-state index contributed by atoms with van der Waals surface area (Å²) >= 11 is 5.93. The van der Waals surface area contributed by atoms with Gasteiger partial charge in [0.25, 0.3) is 11.8 Å². The van der Waals surface area contributed by atoms with Gasteiger partial charge in [0.1, 0.15) is 5.75 Å². The molecule has 0 aliphatic heterocycles. The first kappa shape index (κ1) is 19.5. The molecule has 28 heavy (non-hydrogen) atoms. The number of para-hydroxylation sites is 2. The number of nitrogens with one attached hydrogen (secondary N) is 2. The van der Waals surface area contributed by atoms with E-state index < -0.39 is 6.10 Å². The van der Waals surface area contributed by atoms with Crippen molar-refractivity contribution in [2.75, 3.05) is 10.6 Å². The molecule has 0 aliphatic carbocycles. The lowest BCUT2D eigenvalue weighted by molar-refractivity contribution is -0.122.